The van der Waals surface area contributed by atoms with Crippen molar-refractivity contribution in [1.29, 1.82) is 0 Å². The minimum absolute atomic E-state index is 0.0554. The number of nitrogens with one attached hydrogen (secondary N) is 2. The molecule has 0 saturated carbocycles. The van der Waals surface area contributed by atoms with Gasteiger partial charge < -0.3 is 25.0 Å². The molecule has 2 N–H and O–H groups in total. The molecule has 0 bridgehead atoms. The number of benzene rings is 1. The Labute approximate surface area is 185 Å². The highest BCUT2D eigenvalue weighted by Crippen LogP contribution is 2.19. The van der Waals surface area contributed by atoms with Crippen LogP contribution in [-0.4, -0.2) is 61.8 Å². The van der Waals surface area contributed by atoms with Crippen LogP contribution in [-0.2, 0) is 14.3 Å². The number of hydrogen-bond donors (Lipinski definition) is 2. The number of amides is 1. The first kappa shape index (κ1) is 24.5. The van der Waals surface area contributed by atoms with Gasteiger partial charge in [-0.15, -0.1) is 0 Å². The predicted molar refractivity (Wildman–Crippen MR) is 121 cm³/mol. The monoisotopic (exact) mass is 432 g/mol. The van der Waals surface area contributed by atoms with Crippen molar-refractivity contribution in [2.24, 2.45) is 10.9 Å². The van der Waals surface area contributed by atoms with Crippen LogP contribution in [0, 0.1) is 5.92 Å². The molecular weight excluding hydrogens is 396 g/mol. The van der Waals surface area contributed by atoms with Crippen molar-refractivity contribution in [3.05, 3.63) is 35.9 Å². The topological polar surface area (TPSA) is 92.3 Å². The summed E-state index contributed by atoms with van der Waals surface area (Å²) in [6.45, 7) is 9.64. The van der Waals surface area contributed by atoms with Crippen molar-refractivity contribution in [1.82, 2.24) is 15.5 Å². The number of carbonyl (C=O) groups is 2. The summed E-state index contributed by atoms with van der Waals surface area (Å²) >= 11 is 0. The minimum Gasteiger partial charge on any atom is -0.466 e. The number of rotatable bonds is 6. The fourth-order valence-corrected chi connectivity index (χ4v) is 3.50. The van der Waals surface area contributed by atoms with Crippen LogP contribution < -0.4 is 10.6 Å². The average Bonchev–Trinajstić information content (AvgIpc) is 2.73. The lowest BCUT2D eigenvalue weighted by atomic mass is 9.97. The maximum atomic E-state index is 12.4. The van der Waals surface area contributed by atoms with Gasteiger partial charge in [-0.05, 0) is 46.1 Å². The van der Waals surface area contributed by atoms with Gasteiger partial charge in [0.15, 0.2) is 5.96 Å². The fraction of sp³-hybridized carbons (Fsp3) is 0.609. The summed E-state index contributed by atoms with van der Waals surface area (Å²) in [6, 6.07) is 9.47. The zero-order valence-electron chi connectivity index (χ0n) is 19.3. The second kappa shape index (κ2) is 11.6. The number of nitrogens with zero attached hydrogens (tertiary/aromatic N) is 2. The molecule has 0 aromatic heterocycles. The first-order valence-corrected chi connectivity index (χ1v) is 10.9. The first-order chi connectivity index (χ1) is 14.7. The average molecular weight is 433 g/mol. The lowest BCUT2D eigenvalue weighted by Gasteiger charge is -2.34. The van der Waals surface area contributed by atoms with Gasteiger partial charge in [0.1, 0.15) is 5.60 Å². The van der Waals surface area contributed by atoms with E-state index in [0.717, 1.165) is 37.5 Å². The van der Waals surface area contributed by atoms with Crippen LogP contribution >= 0.6 is 0 Å². The normalized spacial score (nSPS) is 16.4. The third-order valence-electron chi connectivity index (χ3n) is 4.98. The van der Waals surface area contributed by atoms with Crippen LogP contribution in [0.3, 0.4) is 0 Å². The Morgan fingerprint density at radius 2 is 1.84 bits per heavy atom. The molecule has 1 unspecified atom stereocenters. The van der Waals surface area contributed by atoms with Gasteiger partial charge in [-0.3, -0.25) is 9.79 Å². The van der Waals surface area contributed by atoms with Gasteiger partial charge in [0.2, 0.25) is 0 Å². The predicted octanol–water partition coefficient (Wildman–Crippen LogP) is 3.10. The number of piperidine rings is 1. The standard InChI is InChI=1S/C23H36N4O4/c1-6-30-20(28)18-12-14-27(15-13-18)21(24-5)25-16-19(17-10-8-7-9-11-17)26-22(29)31-23(2,3)4/h7-11,18-19H,6,12-16H2,1-5H3,(H,24,25)(H,26,29). The molecule has 1 aliphatic heterocycles. The second-order valence-electron chi connectivity index (χ2n) is 8.55. The molecule has 8 nitrogen and oxygen atoms in total. The number of esters is 1. The van der Waals surface area contributed by atoms with Crippen molar-refractivity contribution in [3.8, 4) is 0 Å². The minimum atomic E-state index is -0.571. The summed E-state index contributed by atoms with van der Waals surface area (Å²) in [7, 11) is 1.73. The third-order valence-corrected chi connectivity index (χ3v) is 4.98. The Bertz CT molecular complexity index is 738. The number of guanidine groups is 1. The lowest BCUT2D eigenvalue weighted by molar-refractivity contribution is -0.149. The molecule has 8 heteroatoms. The molecule has 0 aliphatic carbocycles. The van der Waals surface area contributed by atoms with E-state index in [0.29, 0.717) is 13.2 Å². The van der Waals surface area contributed by atoms with Crippen molar-refractivity contribution < 1.29 is 19.1 Å². The van der Waals surface area contributed by atoms with Gasteiger partial charge in [-0.25, -0.2) is 4.79 Å². The summed E-state index contributed by atoms with van der Waals surface area (Å²) in [6.07, 6.45) is 1.00. The summed E-state index contributed by atoms with van der Waals surface area (Å²) in [4.78, 5) is 30.9. The third kappa shape index (κ3) is 8.11. The van der Waals surface area contributed by atoms with Crippen LogP contribution in [0.2, 0.25) is 0 Å². The molecule has 0 radical (unpaired) electrons. The quantitative estimate of drug-likeness (QED) is 0.408. The van der Waals surface area contributed by atoms with E-state index in [9.17, 15) is 9.59 Å². The highest BCUT2D eigenvalue weighted by Gasteiger charge is 2.28. The lowest BCUT2D eigenvalue weighted by Crippen LogP contribution is -2.49. The van der Waals surface area contributed by atoms with Crippen LogP contribution in [0.5, 0.6) is 0 Å². The van der Waals surface area contributed by atoms with Gasteiger partial charge in [-0.2, -0.15) is 0 Å². The SMILES string of the molecule is CCOC(=O)C1CCN(C(=NC)NCC(NC(=O)OC(C)(C)C)c2ccccc2)CC1. The number of aliphatic imine (C=N–C) groups is 1. The van der Waals surface area contributed by atoms with E-state index >= 15 is 0 Å². The molecule has 1 heterocycles. The summed E-state index contributed by atoms with van der Waals surface area (Å²) in [5.74, 6) is 0.574. The van der Waals surface area contributed by atoms with Crippen molar-refractivity contribution in [3.63, 3.8) is 0 Å². The number of hydrogen-bond acceptors (Lipinski definition) is 5. The zero-order chi connectivity index (χ0) is 22.9. The van der Waals surface area contributed by atoms with Gasteiger partial charge in [0, 0.05) is 26.7 Å². The van der Waals surface area contributed by atoms with Gasteiger partial charge in [0.05, 0.1) is 18.6 Å². The van der Waals surface area contributed by atoms with E-state index in [1.807, 2.05) is 58.0 Å². The highest BCUT2D eigenvalue weighted by molar-refractivity contribution is 5.80. The maximum Gasteiger partial charge on any atom is 0.408 e. The smallest absolute Gasteiger partial charge is 0.408 e. The van der Waals surface area contributed by atoms with Crippen molar-refractivity contribution in [2.75, 3.05) is 33.3 Å². The fourth-order valence-electron chi connectivity index (χ4n) is 3.50. The maximum absolute atomic E-state index is 12.4. The van der Waals surface area contributed by atoms with Crippen molar-refractivity contribution in [2.45, 2.75) is 52.2 Å². The summed E-state index contributed by atoms with van der Waals surface area (Å²) in [5, 5.41) is 6.31. The molecule has 1 amide bonds. The molecule has 172 valence electrons. The Hall–Kier alpha value is -2.77. The molecule has 1 aliphatic rings. The Balaban J connectivity index is 1.98. The molecular formula is C23H36N4O4. The largest absolute Gasteiger partial charge is 0.466 e. The van der Waals surface area contributed by atoms with E-state index in [2.05, 4.69) is 20.5 Å². The molecule has 2 rings (SSSR count). The number of carbonyl (C=O) groups excluding carboxylic acids is 2. The molecule has 1 aromatic rings. The van der Waals surface area contributed by atoms with Gasteiger partial charge in [-0.1, -0.05) is 30.3 Å². The highest BCUT2D eigenvalue weighted by atomic mass is 16.6. The molecule has 31 heavy (non-hydrogen) atoms. The summed E-state index contributed by atoms with van der Waals surface area (Å²) in [5.41, 5.74) is 0.398. The van der Waals surface area contributed by atoms with E-state index in [1.54, 1.807) is 7.05 Å². The van der Waals surface area contributed by atoms with Crippen LogP contribution in [0.15, 0.2) is 35.3 Å². The number of likely N-dealkylation sites (tertiary alicyclic amines) is 1. The Morgan fingerprint density at radius 1 is 1.19 bits per heavy atom. The molecule has 1 saturated heterocycles. The molecule has 1 aromatic carbocycles. The summed E-state index contributed by atoms with van der Waals surface area (Å²) < 4.78 is 10.6. The zero-order valence-corrected chi connectivity index (χ0v) is 19.3. The van der Waals surface area contributed by atoms with E-state index in [4.69, 9.17) is 9.47 Å². The number of alkyl carbamates (subject to hydrolysis) is 1. The molecule has 1 atom stereocenters. The van der Waals surface area contributed by atoms with E-state index < -0.39 is 11.7 Å². The Morgan fingerprint density at radius 3 is 2.39 bits per heavy atom. The van der Waals surface area contributed by atoms with Crippen LogP contribution in [0.25, 0.3) is 0 Å². The van der Waals surface area contributed by atoms with E-state index in [-0.39, 0.29) is 17.9 Å². The van der Waals surface area contributed by atoms with Crippen LogP contribution in [0.4, 0.5) is 4.79 Å². The Kier molecular flexibility index (Phi) is 9.15. The number of ether oxygens (including phenoxy) is 2. The van der Waals surface area contributed by atoms with Crippen molar-refractivity contribution >= 4 is 18.0 Å². The molecule has 0 spiro atoms. The second-order valence-corrected chi connectivity index (χ2v) is 8.55. The molecule has 1 fully saturated rings. The first-order valence-electron chi connectivity index (χ1n) is 10.9. The van der Waals surface area contributed by atoms with E-state index in [1.165, 1.54) is 0 Å². The van der Waals surface area contributed by atoms with Gasteiger partial charge >= 0.3 is 12.1 Å². The van der Waals surface area contributed by atoms with Gasteiger partial charge in [0.25, 0.3) is 0 Å². The van der Waals surface area contributed by atoms with Crippen LogP contribution in [0.1, 0.15) is 52.1 Å².